The SMILES string of the molecule is CC(C#N)CSc1nc2cc(Cl)c(Cl)cc2[nH]1. The van der Waals surface area contributed by atoms with Crippen LogP contribution in [0.5, 0.6) is 0 Å². The molecule has 6 heteroatoms. The van der Waals surface area contributed by atoms with E-state index >= 15 is 0 Å². The Morgan fingerprint density at radius 1 is 1.47 bits per heavy atom. The molecule has 0 radical (unpaired) electrons. The number of aromatic nitrogens is 2. The Bertz CT molecular complexity index is 549. The van der Waals surface area contributed by atoms with Crippen LogP contribution in [0.3, 0.4) is 0 Å². The predicted octanol–water partition coefficient (Wildman–Crippen LogP) is 4.12. The van der Waals surface area contributed by atoms with Crippen LogP contribution in [0.25, 0.3) is 11.0 Å². The summed E-state index contributed by atoms with van der Waals surface area (Å²) in [5, 5.41) is 10.5. The molecule has 17 heavy (non-hydrogen) atoms. The smallest absolute Gasteiger partial charge is 0.166 e. The summed E-state index contributed by atoms with van der Waals surface area (Å²) in [6.07, 6.45) is 0. The van der Waals surface area contributed by atoms with Crippen LogP contribution in [0, 0.1) is 17.2 Å². The molecule has 2 rings (SSSR count). The summed E-state index contributed by atoms with van der Waals surface area (Å²) in [5.41, 5.74) is 1.64. The lowest BCUT2D eigenvalue weighted by Gasteiger charge is -1.97. The van der Waals surface area contributed by atoms with Crippen molar-refractivity contribution in [3.63, 3.8) is 0 Å². The van der Waals surface area contributed by atoms with Gasteiger partial charge in [-0.15, -0.1) is 0 Å². The number of nitriles is 1. The third-order valence-electron chi connectivity index (χ3n) is 2.19. The summed E-state index contributed by atoms with van der Waals surface area (Å²) in [5.74, 6) is 0.706. The summed E-state index contributed by atoms with van der Waals surface area (Å²) in [6.45, 7) is 1.88. The molecule has 0 amide bonds. The van der Waals surface area contributed by atoms with E-state index in [4.69, 9.17) is 28.5 Å². The molecule has 0 aliphatic rings. The van der Waals surface area contributed by atoms with Crippen molar-refractivity contribution in [1.82, 2.24) is 9.97 Å². The summed E-state index contributed by atoms with van der Waals surface area (Å²) in [7, 11) is 0. The van der Waals surface area contributed by atoms with E-state index in [-0.39, 0.29) is 5.92 Å². The first-order chi connectivity index (χ1) is 8.10. The number of hydrogen-bond acceptors (Lipinski definition) is 3. The number of hydrogen-bond donors (Lipinski definition) is 1. The maximum absolute atomic E-state index is 8.70. The maximum Gasteiger partial charge on any atom is 0.166 e. The second-order valence-electron chi connectivity index (χ2n) is 3.67. The van der Waals surface area contributed by atoms with Crippen molar-refractivity contribution in [2.75, 3.05) is 5.75 Å². The van der Waals surface area contributed by atoms with E-state index in [1.54, 1.807) is 12.1 Å². The fraction of sp³-hybridized carbons (Fsp3) is 0.273. The van der Waals surface area contributed by atoms with Crippen LogP contribution in [0.15, 0.2) is 17.3 Å². The lowest BCUT2D eigenvalue weighted by Crippen LogP contribution is -1.93. The number of H-pyrrole nitrogens is 1. The van der Waals surface area contributed by atoms with Gasteiger partial charge in [-0.1, -0.05) is 35.0 Å². The Kier molecular flexibility index (Phi) is 3.82. The lowest BCUT2D eigenvalue weighted by molar-refractivity contribution is 0.860. The van der Waals surface area contributed by atoms with Crippen LogP contribution in [0.2, 0.25) is 10.0 Å². The van der Waals surface area contributed by atoms with Gasteiger partial charge in [-0.05, 0) is 19.1 Å². The number of nitrogens with zero attached hydrogens (tertiary/aromatic N) is 2. The second-order valence-corrected chi connectivity index (χ2v) is 5.49. The van der Waals surface area contributed by atoms with Gasteiger partial charge in [0.2, 0.25) is 0 Å². The molecule has 1 unspecified atom stereocenters. The minimum absolute atomic E-state index is 0.000359. The molecule has 1 N–H and O–H groups in total. The van der Waals surface area contributed by atoms with E-state index in [0.29, 0.717) is 15.8 Å². The highest BCUT2D eigenvalue weighted by atomic mass is 35.5. The van der Waals surface area contributed by atoms with Crippen LogP contribution in [-0.4, -0.2) is 15.7 Å². The quantitative estimate of drug-likeness (QED) is 0.863. The number of imidazole rings is 1. The molecule has 2 aromatic rings. The van der Waals surface area contributed by atoms with Crippen molar-refractivity contribution in [2.24, 2.45) is 5.92 Å². The first-order valence-corrected chi connectivity index (χ1v) is 6.71. The maximum atomic E-state index is 8.70. The van der Waals surface area contributed by atoms with Gasteiger partial charge in [-0.25, -0.2) is 4.98 Å². The third-order valence-corrected chi connectivity index (χ3v) is 4.05. The molecule has 1 aromatic carbocycles. The predicted molar refractivity (Wildman–Crippen MR) is 71.6 cm³/mol. The number of thioether (sulfide) groups is 1. The Balaban J connectivity index is 2.23. The zero-order chi connectivity index (χ0) is 12.4. The van der Waals surface area contributed by atoms with Crippen molar-refractivity contribution in [3.8, 4) is 6.07 Å². The van der Waals surface area contributed by atoms with Crippen molar-refractivity contribution < 1.29 is 0 Å². The van der Waals surface area contributed by atoms with E-state index in [1.807, 2.05) is 6.92 Å². The van der Waals surface area contributed by atoms with E-state index in [1.165, 1.54) is 11.8 Å². The minimum atomic E-state index is 0.000359. The van der Waals surface area contributed by atoms with Gasteiger partial charge in [0.25, 0.3) is 0 Å². The molecule has 88 valence electrons. The average molecular weight is 286 g/mol. The third kappa shape index (κ3) is 2.86. The van der Waals surface area contributed by atoms with Crippen molar-refractivity contribution >= 4 is 46.0 Å². The number of benzene rings is 1. The minimum Gasteiger partial charge on any atom is -0.333 e. The molecule has 0 aliphatic carbocycles. The van der Waals surface area contributed by atoms with E-state index < -0.39 is 0 Å². The number of halogens is 2. The van der Waals surface area contributed by atoms with Gasteiger partial charge >= 0.3 is 0 Å². The van der Waals surface area contributed by atoms with Crippen LogP contribution in [0.4, 0.5) is 0 Å². The van der Waals surface area contributed by atoms with Crippen molar-refractivity contribution in [3.05, 3.63) is 22.2 Å². The lowest BCUT2D eigenvalue weighted by atomic mass is 10.3. The summed E-state index contributed by atoms with van der Waals surface area (Å²) in [6, 6.07) is 5.67. The van der Waals surface area contributed by atoms with Gasteiger partial charge in [0, 0.05) is 5.75 Å². The van der Waals surface area contributed by atoms with Gasteiger partial charge in [0.05, 0.1) is 33.1 Å². The van der Waals surface area contributed by atoms with Gasteiger partial charge in [0.15, 0.2) is 5.16 Å². The Hall–Kier alpha value is -0.890. The molecule has 0 aliphatic heterocycles. The normalized spacial score (nSPS) is 12.6. The molecule has 1 heterocycles. The van der Waals surface area contributed by atoms with E-state index in [2.05, 4.69) is 16.0 Å². The van der Waals surface area contributed by atoms with Crippen molar-refractivity contribution in [2.45, 2.75) is 12.1 Å². The highest BCUT2D eigenvalue weighted by Gasteiger charge is 2.08. The number of aromatic amines is 1. The largest absolute Gasteiger partial charge is 0.333 e. The average Bonchev–Trinajstić information content (AvgIpc) is 2.68. The highest BCUT2D eigenvalue weighted by Crippen LogP contribution is 2.28. The number of fused-ring (bicyclic) bond motifs is 1. The monoisotopic (exact) mass is 285 g/mol. The van der Waals surface area contributed by atoms with Gasteiger partial charge in [0.1, 0.15) is 0 Å². The molecule has 0 spiro atoms. The number of nitrogens with one attached hydrogen (secondary N) is 1. The summed E-state index contributed by atoms with van der Waals surface area (Å²) >= 11 is 13.3. The zero-order valence-corrected chi connectivity index (χ0v) is 11.3. The van der Waals surface area contributed by atoms with Crippen molar-refractivity contribution in [1.29, 1.82) is 5.26 Å². The molecule has 0 saturated carbocycles. The molecule has 0 bridgehead atoms. The molecule has 3 nitrogen and oxygen atoms in total. The topological polar surface area (TPSA) is 52.5 Å². The highest BCUT2D eigenvalue weighted by molar-refractivity contribution is 7.99. The van der Waals surface area contributed by atoms with Crippen LogP contribution in [-0.2, 0) is 0 Å². The Morgan fingerprint density at radius 2 is 2.18 bits per heavy atom. The number of rotatable bonds is 3. The first-order valence-electron chi connectivity index (χ1n) is 4.97. The Labute approximate surface area is 113 Å². The van der Waals surface area contributed by atoms with Crippen LogP contribution in [0.1, 0.15) is 6.92 Å². The molecule has 0 saturated heterocycles. The second kappa shape index (κ2) is 5.18. The van der Waals surface area contributed by atoms with Crippen LogP contribution < -0.4 is 0 Å². The summed E-state index contributed by atoms with van der Waals surface area (Å²) < 4.78 is 0. The molecule has 0 fully saturated rings. The van der Waals surface area contributed by atoms with E-state index in [0.717, 1.165) is 16.2 Å². The molecule has 1 atom stereocenters. The fourth-order valence-corrected chi connectivity index (χ4v) is 2.44. The van der Waals surface area contributed by atoms with E-state index in [9.17, 15) is 0 Å². The molecular formula is C11H9Cl2N3S. The Morgan fingerprint density at radius 3 is 2.88 bits per heavy atom. The first kappa shape index (κ1) is 12.6. The fourth-order valence-electron chi connectivity index (χ4n) is 1.29. The standard InChI is InChI=1S/C11H9Cl2N3S/c1-6(4-14)5-17-11-15-9-2-7(12)8(13)3-10(9)16-11/h2-3,6H,5H2,1H3,(H,15,16). The van der Waals surface area contributed by atoms with Gasteiger partial charge in [-0.3, -0.25) is 0 Å². The van der Waals surface area contributed by atoms with Gasteiger partial charge in [-0.2, -0.15) is 5.26 Å². The molecular weight excluding hydrogens is 277 g/mol. The van der Waals surface area contributed by atoms with Crippen LogP contribution >= 0.6 is 35.0 Å². The summed E-state index contributed by atoms with van der Waals surface area (Å²) in [4.78, 5) is 7.52. The van der Waals surface area contributed by atoms with Gasteiger partial charge < -0.3 is 4.98 Å². The zero-order valence-electron chi connectivity index (χ0n) is 9.00. The molecule has 1 aromatic heterocycles.